The summed E-state index contributed by atoms with van der Waals surface area (Å²) >= 11 is 0. The van der Waals surface area contributed by atoms with Crippen molar-refractivity contribution in [2.75, 3.05) is 6.61 Å². The largest absolute Gasteiger partial charge is 0.462 e. The van der Waals surface area contributed by atoms with E-state index in [1.807, 2.05) is 0 Å². The van der Waals surface area contributed by atoms with E-state index in [-0.39, 0.29) is 24.9 Å². The maximum atomic E-state index is 13.0. The molecular formula is C43H83NO5. The number of nitrogens with one attached hydrogen (secondary N) is 1. The molecule has 0 aliphatic rings. The number of aliphatic hydroxyl groups is 2. The number of aliphatic hydroxyl groups excluding tert-OH is 2. The number of hydrogen-bond acceptors (Lipinski definition) is 5. The zero-order valence-corrected chi connectivity index (χ0v) is 32.8. The van der Waals surface area contributed by atoms with Gasteiger partial charge in [0, 0.05) is 6.42 Å². The van der Waals surface area contributed by atoms with E-state index in [1.54, 1.807) is 0 Å². The highest BCUT2D eigenvalue weighted by molar-refractivity contribution is 5.77. The number of esters is 1. The van der Waals surface area contributed by atoms with Crippen molar-refractivity contribution in [2.45, 2.75) is 244 Å². The Morgan fingerprint density at radius 2 is 1.00 bits per heavy atom. The second-order valence-corrected chi connectivity index (χ2v) is 14.7. The number of ether oxygens (including phenoxy) is 1. The van der Waals surface area contributed by atoms with Crippen LogP contribution in [0.5, 0.6) is 0 Å². The third-order valence-electron chi connectivity index (χ3n) is 9.84. The van der Waals surface area contributed by atoms with E-state index in [4.69, 9.17) is 4.74 Å². The lowest BCUT2D eigenvalue weighted by molar-refractivity contribution is -0.151. The zero-order chi connectivity index (χ0) is 36.0. The van der Waals surface area contributed by atoms with Gasteiger partial charge in [-0.05, 0) is 44.9 Å². The second kappa shape index (κ2) is 37.8. The van der Waals surface area contributed by atoms with Crippen LogP contribution < -0.4 is 5.32 Å². The fraction of sp³-hybridized carbons (Fsp3) is 0.907. The van der Waals surface area contributed by atoms with Crippen LogP contribution >= 0.6 is 0 Å². The summed E-state index contributed by atoms with van der Waals surface area (Å²) in [5.74, 6) is -0.481. The molecule has 290 valence electrons. The number of carbonyl (C=O) groups excluding carboxylic acids is 2. The first-order chi connectivity index (χ1) is 24.0. The van der Waals surface area contributed by atoms with Crippen LogP contribution in [0.1, 0.15) is 226 Å². The summed E-state index contributed by atoms with van der Waals surface area (Å²) in [6.07, 6.45) is 38.4. The van der Waals surface area contributed by atoms with Crippen molar-refractivity contribution in [3.8, 4) is 0 Å². The first-order valence-corrected chi connectivity index (χ1v) is 21.4. The van der Waals surface area contributed by atoms with Gasteiger partial charge in [-0.1, -0.05) is 181 Å². The summed E-state index contributed by atoms with van der Waals surface area (Å²) in [5.41, 5.74) is 0. The van der Waals surface area contributed by atoms with Crippen molar-refractivity contribution in [2.24, 2.45) is 0 Å². The average Bonchev–Trinajstić information content (AvgIpc) is 3.09. The van der Waals surface area contributed by atoms with Crippen LogP contribution in [0.4, 0.5) is 0 Å². The number of amides is 1. The normalized spacial score (nSPS) is 13.5. The number of hydrogen-bond donors (Lipinski definition) is 3. The van der Waals surface area contributed by atoms with E-state index < -0.39 is 18.2 Å². The molecule has 6 heteroatoms. The highest BCUT2D eigenvalue weighted by atomic mass is 16.5. The summed E-state index contributed by atoms with van der Waals surface area (Å²) in [6.45, 7) is 6.40. The van der Waals surface area contributed by atoms with Crippen LogP contribution in [-0.4, -0.2) is 46.9 Å². The molecule has 0 aromatic heterocycles. The first-order valence-electron chi connectivity index (χ1n) is 21.4. The van der Waals surface area contributed by atoms with Gasteiger partial charge in [0.05, 0.1) is 25.2 Å². The molecule has 0 bridgehead atoms. The van der Waals surface area contributed by atoms with Gasteiger partial charge in [0.1, 0.15) is 6.10 Å². The molecule has 0 aliphatic carbocycles. The van der Waals surface area contributed by atoms with Gasteiger partial charge in [-0.3, -0.25) is 9.59 Å². The van der Waals surface area contributed by atoms with Crippen molar-refractivity contribution < 1.29 is 24.5 Å². The van der Waals surface area contributed by atoms with E-state index in [2.05, 4.69) is 38.2 Å². The van der Waals surface area contributed by atoms with Gasteiger partial charge >= 0.3 is 5.97 Å². The molecule has 3 N–H and O–H groups in total. The molecule has 3 unspecified atom stereocenters. The molecule has 0 spiro atoms. The molecule has 0 fully saturated rings. The molecule has 49 heavy (non-hydrogen) atoms. The van der Waals surface area contributed by atoms with E-state index in [9.17, 15) is 19.8 Å². The Kier molecular flexibility index (Phi) is 36.8. The number of carbonyl (C=O) groups is 2. The Labute approximate surface area is 304 Å². The third kappa shape index (κ3) is 33.5. The van der Waals surface area contributed by atoms with Crippen LogP contribution in [0.3, 0.4) is 0 Å². The van der Waals surface area contributed by atoms with E-state index in [0.29, 0.717) is 19.3 Å². The highest BCUT2D eigenvalue weighted by Gasteiger charge is 2.24. The van der Waals surface area contributed by atoms with E-state index >= 15 is 0 Å². The SMILES string of the molecule is CCCC/C=C\CCCCCCCC(=O)OC(CCCCCCCCCCC)CC(=O)NC(CO)C(O)CCCCCCCCCCCC. The standard InChI is InChI=1S/C43H83NO5/c1-4-7-10-13-16-19-21-24-27-30-33-36-43(48)49-39(34-31-28-25-22-18-15-12-9-6-3)37-42(47)44-40(38-45)41(46)35-32-29-26-23-20-17-14-11-8-5-2/h13,16,39-41,45-46H,4-12,14-15,17-38H2,1-3H3,(H,44,47)/b16-13-. The van der Waals surface area contributed by atoms with E-state index in [0.717, 1.165) is 51.4 Å². The van der Waals surface area contributed by atoms with Gasteiger partial charge in [-0.15, -0.1) is 0 Å². The minimum Gasteiger partial charge on any atom is -0.462 e. The predicted octanol–water partition coefficient (Wildman–Crippen LogP) is 11.8. The smallest absolute Gasteiger partial charge is 0.306 e. The monoisotopic (exact) mass is 694 g/mol. The van der Waals surface area contributed by atoms with Crippen LogP contribution in [-0.2, 0) is 14.3 Å². The molecule has 0 rings (SSSR count). The fourth-order valence-corrected chi connectivity index (χ4v) is 6.53. The molecule has 0 saturated carbocycles. The van der Waals surface area contributed by atoms with Crippen LogP contribution in [0, 0.1) is 0 Å². The van der Waals surface area contributed by atoms with Gasteiger partial charge in [0.25, 0.3) is 0 Å². The van der Waals surface area contributed by atoms with Crippen molar-refractivity contribution in [3.05, 3.63) is 12.2 Å². The maximum absolute atomic E-state index is 13.0. The van der Waals surface area contributed by atoms with Gasteiger partial charge < -0.3 is 20.3 Å². The average molecular weight is 694 g/mol. The Hall–Kier alpha value is -1.40. The number of rotatable bonds is 38. The van der Waals surface area contributed by atoms with Crippen molar-refractivity contribution in [1.82, 2.24) is 5.32 Å². The molecule has 0 saturated heterocycles. The summed E-state index contributed by atoms with van der Waals surface area (Å²) in [7, 11) is 0. The Morgan fingerprint density at radius 1 is 0.571 bits per heavy atom. The lowest BCUT2D eigenvalue weighted by atomic mass is 10.0. The van der Waals surface area contributed by atoms with Crippen LogP contribution in [0.25, 0.3) is 0 Å². The van der Waals surface area contributed by atoms with Crippen molar-refractivity contribution in [3.63, 3.8) is 0 Å². The molecule has 3 atom stereocenters. The lowest BCUT2D eigenvalue weighted by Gasteiger charge is -2.24. The molecule has 0 aromatic rings. The minimum absolute atomic E-state index is 0.0794. The number of unbranched alkanes of at least 4 members (excludes halogenated alkanes) is 24. The zero-order valence-electron chi connectivity index (χ0n) is 32.8. The predicted molar refractivity (Wildman–Crippen MR) is 209 cm³/mol. The molecule has 0 radical (unpaired) electrons. The van der Waals surface area contributed by atoms with Gasteiger partial charge in [0.15, 0.2) is 0 Å². The number of allylic oxidation sites excluding steroid dienone is 2. The highest BCUT2D eigenvalue weighted by Crippen LogP contribution is 2.17. The lowest BCUT2D eigenvalue weighted by Crippen LogP contribution is -2.46. The fourth-order valence-electron chi connectivity index (χ4n) is 6.53. The third-order valence-corrected chi connectivity index (χ3v) is 9.84. The molecule has 0 heterocycles. The molecule has 6 nitrogen and oxygen atoms in total. The second-order valence-electron chi connectivity index (χ2n) is 14.7. The Morgan fingerprint density at radius 3 is 1.51 bits per heavy atom. The van der Waals surface area contributed by atoms with Crippen molar-refractivity contribution in [1.29, 1.82) is 0 Å². The maximum Gasteiger partial charge on any atom is 0.306 e. The first kappa shape index (κ1) is 47.6. The summed E-state index contributed by atoms with van der Waals surface area (Å²) < 4.78 is 5.87. The summed E-state index contributed by atoms with van der Waals surface area (Å²) in [4.78, 5) is 25.8. The quantitative estimate of drug-likeness (QED) is 0.0340. The molecule has 1 amide bonds. The summed E-state index contributed by atoms with van der Waals surface area (Å²) in [5, 5.41) is 23.5. The van der Waals surface area contributed by atoms with Crippen LogP contribution in [0.2, 0.25) is 0 Å². The van der Waals surface area contributed by atoms with Gasteiger partial charge in [-0.2, -0.15) is 0 Å². The van der Waals surface area contributed by atoms with Gasteiger partial charge in [-0.25, -0.2) is 0 Å². The molecule has 0 aliphatic heterocycles. The van der Waals surface area contributed by atoms with Crippen molar-refractivity contribution >= 4 is 11.9 Å². The topological polar surface area (TPSA) is 95.9 Å². The summed E-state index contributed by atoms with van der Waals surface area (Å²) in [6, 6.07) is -0.693. The molecular weight excluding hydrogens is 610 g/mol. The van der Waals surface area contributed by atoms with E-state index in [1.165, 1.54) is 128 Å². The van der Waals surface area contributed by atoms with Crippen LogP contribution in [0.15, 0.2) is 12.2 Å². The molecule has 0 aromatic carbocycles. The van der Waals surface area contributed by atoms with Gasteiger partial charge in [0.2, 0.25) is 5.91 Å². The Balaban J connectivity index is 4.56. The minimum atomic E-state index is -0.779. The Bertz CT molecular complexity index is 742.